The highest BCUT2D eigenvalue weighted by molar-refractivity contribution is 7.59. The van der Waals surface area contributed by atoms with Crippen molar-refractivity contribution in [2.45, 2.75) is 40.5 Å². The van der Waals surface area contributed by atoms with E-state index in [1.54, 1.807) is 0 Å². The van der Waals surface area contributed by atoms with E-state index in [2.05, 4.69) is 94.1 Å². The first kappa shape index (κ1) is 18.5. The van der Waals surface area contributed by atoms with Crippen molar-refractivity contribution in [3.63, 3.8) is 0 Å². The van der Waals surface area contributed by atoms with Gasteiger partial charge in [-0.05, 0) is 67.7 Å². The Morgan fingerprint density at radius 2 is 1.21 bits per heavy atom. The van der Waals surface area contributed by atoms with Crippen LogP contribution in [0.1, 0.15) is 38.8 Å². The minimum absolute atomic E-state index is 0.457. The van der Waals surface area contributed by atoms with Crippen molar-refractivity contribution >= 4 is 25.2 Å². The van der Waals surface area contributed by atoms with Gasteiger partial charge in [-0.2, -0.15) is 0 Å². The highest BCUT2D eigenvalue weighted by atomic mass is 31.1. The summed E-state index contributed by atoms with van der Waals surface area (Å²) in [6, 6.07) is 17.8. The molecule has 2 aromatic rings. The third kappa shape index (κ3) is 4.16. The number of hydrogen-bond donors (Lipinski definition) is 0. The van der Waals surface area contributed by atoms with Gasteiger partial charge in [0.25, 0.3) is 0 Å². The highest BCUT2D eigenvalue weighted by Crippen LogP contribution is 2.41. The van der Waals surface area contributed by atoms with E-state index < -0.39 is 7.55 Å². The van der Waals surface area contributed by atoms with Crippen LogP contribution in [0.25, 0.3) is 0 Å². The van der Waals surface area contributed by atoms with Gasteiger partial charge in [0, 0.05) is 11.4 Å². The fraction of sp³-hybridized carbons (Fsp3) is 0.318. The molecular formula is C22H29NP+. The molecule has 2 aromatic carbocycles. The van der Waals surface area contributed by atoms with Crippen molar-refractivity contribution in [2.24, 2.45) is 0 Å². The zero-order valence-electron chi connectivity index (χ0n) is 15.6. The molecule has 0 N–H and O–H groups in total. The third-order valence-corrected chi connectivity index (χ3v) is 5.60. The topological polar surface area (TPSA) is 3.24 Å². The Morgan fingerprint density at radius 1 is 0.833 bits per heavy atom. The summed E-state index contributed by atoms with van der Waals surface area (Å²) in [5, 5.41) is 0. The Balaban J connectivity index is 2.59. The maximum Gasteiger partial charge on any atom is 0.222 e. The molecule has 0 saturated heterocycles. The molecule has 2 rings (SSSR count). The number of hydrogen-bond acceptors (Lipinski definition) is 1. The summed E-state index contributed by atoms with van der Waals surface area (Å²) in [5.41, 5.74) is 7.83. The van der Waals surface area contributed by atoms with E-state index in [0.29, 0.717) is 0 Å². The average molecular weight is 338 g/mol. The maximum atomic E-state index is 4.36. The SMILES string of the molecule is C=[P+](C)C(=C(C)C)N(c1ccc(CC)cc1)c1ccc(CC)cc1. The van der Waals surface area contributed by atoms with E-state index in [0.717, 1.165) is 12.8 Å². The minimum atomic E-state index is -0.457. The third-order valence-electron chi connectivity index (χ3n) is 4.23. The molecule has 0 saturated carbocycles. The zero-order chi connectivity index (χ0) is 17.7. The lowest BCUT2D eigenvalue weighted by Gasteiger charge is -2.25. The largest absolute Gasteiger partial charge is 0.276 e. The van der Waals surface area contributed by atoms with Gasteiger partial charge in [0.1, 0.15) is 14.2 Å². The Hall–Kier alpha value is -1.85. The summed E-state index contributed by atoms with van der Waals surface area (Å²) >= 11 is 0. The van der Waals surface area contributed by atoms with Crippen LogP contribution in [0.4, 0.5) is 11.4 Å². The normalized spacial score (nSPS) is 11.1. The molecule has 24 heavy (non-hydrogen) atoms. The monoisotopic (exact) mass is 338 g/mol. The molecule has 1 atom stereocenters. The Kier molecular flexibility index (Phi) is 6.40. The molecule has 1 nitrogen and oxygen atoms in total. The van der Waals surface area contributed by atoms with Crippen molar-refractivity contribution in [2.75, 3.05) is 11.6 Å². The molecule has 0 aliphatic rings. The summed E-state index contributed by atoms with van der Waals surface area (Å²) in [7, 11) is -0.457. The van der Waals surface area contributed by atoms with Crippen LogP contribution in [0, 0.1) is 0 Å². The number of anilines is 2. The first-order valence-electron chi connectivity index (χ1n) is 8.67. The van der Waals surface area contributed by atoms with Crippen LogP contribution in [0.2, 0.25) is 0 Å². The molecule has 0 heterocycles. The van der Waals surface area contributed by atoms with E-state index in [9.17, 15) is 0 Å². The molecule has 0 fully saturated rings. The van der Waals surface area contributed by atoms with Gasteiger partial charge in [0.15, 0.2) is 0 Å². The molecule has 0 spiro atoms. The van der Waals surface area contributed by atoms with Crippen LogP contribution in [0.15, 0.2) is 59.5 Å². The number of aryl methyl sites for hydroxylation is 2. The summed E-state index contributed by atoms with van der Waals surface area (Å²) in [5.74, 6) is 0. The van der Waals surface area contributed by atoms with Crippen molar-refractivity contribution in [3.8, 4) is 0 Å². The minimum Gasteiger partial charge on any atom is -0.276 e. The standard InChI is InChI=1S/C22H29NP/c1-7-18-9-13-20(14-10-18)23(22(17(3)4)24(5)6)21-15-11-19(8-2)12-16-21/h9-16H,5,7-8H2,1-4,6H3/q+1. The fourth-order valence-corrected chi connectivity index (χ4v) is 4.27. The van der Waals surface area contributed by atoms with Gasteiger partial charge in [-0.15, -0.1) is 0 Å². The lowest BCUT2D eigenvalue weighted by atomic mass is 10.1. The van der Waals surface area contributed by atoms with E-state index >= 15 is 0 Å². The molecule has 0 aliphatic carbocycles. The Bertz CT molecular complexity index is 672. The van der Waals surface area contributed by atoms with Gasteiger partial charge in [-0.3, -0.25) is 4.90 Å². The predicted molar refractivity (Wildman–Crippen MR) is 112 cm³/mol. The Morgan fingerprint density at radius 3 is 1.46 bits per heavy atom. The van der Waals surface area contributed by atoms with Crippen molar-refractivity contribution < 1.29 is 0 Å². The smallest absolute Gasteiger partial charge is 0.222 e. The molecule has 0 aliphatic heterocycles. The molecule has 1 unspecified atom stereocenters. The first-order chi connectivity index (χ1) is 11.5. The molecule has 0 amide bonds. The quantitative estimate of drug-likeness (QED) is 0.527. The van der Waals surface area contributed by atoms with Gasteiger partial charge in [-0.1, -0.05) is 38.1 Å². The molecule has 0 bridgehead atoms. The molecule has 126 valence electrons. The highest BCUT2D eigenvalue weighted by Gasteiger charge is 2.23. The van der Waals surface area contributed by atoms with Crippen molar-refractivity contribution in [1.29, 1.82) is 0 Å². The number of benzene rings is 2. The Labute approximate surface area is 148 Å². The molecule has 0 radical (unpaired) electrons. The van der Waals surface area contributed by atoms with Crippen LogP contribution < -0.4 is 4.90 Å². The number of allylic oxidation sites excluding steroid dienone is 1. The van der Waals surface area contributed by atoms with E-state index in [-0.39, 0.29) is 0 Å². The van der Waals surface area contributed by atoms with E-state index in [4.69, 9.17) is 0 Å². The molecular weight excluding hydrogens is 309 g/mol. The predicted octanol–water partition coefficient (Wildman–Crippen LogP) is 6.74. The number of nitrogens with zero attached hydrogens (tertiary/aromatic N) is 1. The van der Waals surface area contributed by atoms with Crippen LogP contribution in [0.5, 0.6) is 0 Å². The van der Waals surface area contributed by atoms with Gasteiger partial charge in [0.05, 0.1) is 6.30 Å². The second-order valence-electron chi connectivity index (χ2n) is 6.40. The van der Waals surface area contributed by atoms with Crippen molar-refractivity contribution in [3.05, 3.63) is 70.7 Å². The van der Waals surface area contributed by atoms with Crippen LogP contribution >= 0.6 is 7.55 Å². The molecule has 0 aromatic heterocycles. The van der Waals surface area contributed by atoms with Crippen LogP contribution in [-0.2, 0) is 12.8 Å². The lowest BCUT2D eigenvalue weighted by Crippen LogP contribution is -2.15. The second kappa shape index (κ2) is 8.31. The lowest BCUT2D eigenvalue weighted by molar-refractivity contribution is 1.12. The fourth-order valence-electron chi connectivity index (χ4n) is 2.93. The summed E-state index contributed by atoms with van der Waals surface area (Å²) in [4.78, 5) is 2.38. The van der Waals surface area contributed by atoms with Gasteiger partial charge in [0.2, 0.25) is 5.44 Å². The van der Waals surface area contributed by atoms with Crippen molar-refractivity contribution in [1.82, 2.24) is 0 Å². The van der Waals surface area contributed by atoms with E-state index in [1.807, 2.05) is 0 Å². The van der Waals surface area contributed by atoms with Gasteiger partial charge < -0.3 is 0 Å². The van der Waals surface area contributed by atoms with E-state index in [1.165, 1.54) is 33.5 Å². The van der Waals surface area contributed by atoms with Crippen LogP contribution in [-0.4, -0.2) is 13.0 Å². The molecule has 2 heteroatoms. The van der Waals surface area contributed by atoms with Gasteiger partial charge >= 0.3 is 0 Å². The van der Waals surface area contributed by atoms with Crippen LogP contribution in [0.3, 0.4) is 0 Å². The second-order valence-corrected chi connectivity index (χ2v) is 8.22. The summed E-state index contributed by atoms with van der Waals surface area (Å²) in [6.45, 7) is 11.0. The maximum absolute atomic E-state index is 4.36. The average Bonchev–Trinajstić information content (AvgIpc) is 2.59. The summed E-state index contributed by atoms with van der Waals surface area (Å²) < 4.78 is 0. The summed E-state index contributed by atoms with van der Waals surface area (Å²) in [6.07, 6.45) is 6.50. The van der Waals surface area contributed by atoms with Gasteiger partial charge in [-0.25, -0.2) is 0 Å². The number of rotatable bonds is 6. The zero-order valence-corrected chi connectivity index (χ0v) is 16.5. The first-order valence-corrected chi connectivity index (χ1v) is 10.6.